The summed E-state index contributed by atoms with van der Waals surface area (Å²) in [6, 6.07) is 0. The van der Waals surface area contributed by atoms with Crippen molar-refractivity contribution in [3.63, 3.8) is 0 Å². The molecule has 0 aromatic carbocycles. The molecule has 0 spiro atoms. The second-order valence-corrected chi connectivity index (χ2v) is 11.5. The maximum Gasteiger partial charge on any atom is 0.308 e. The first-order valence-electron chi connectivity index (χ1n) is 16.9. The molecule has 1 fully saturated rings. The summed E-state index contributed by atoms with van der Waals surface area (Å²) >= 11 is 0. The summed E-state index contributed by atoms with van der Waals surface area (Å²) in [7, 11) is 0. The van der Waals surface area contributed by atoms with Crippen molar-refractivity contribution in [2.45, 2.75) is 192 Å². The van der Waals surface area contributed by atoms with E-state index in [2.05, 4.69) is 6.92 Å². The molecule has 0 saturated carbocycles. The fourth-order valence-corrected chi connectivity index (χ4v) is 5.28. The second kappa shape index (κ2) is 25.0. The minimum atomic E-state index is -1.61. The number of hydrogen-bond donors (Lipinski definition) is 4. The first-order chi connectivity index (χ1) is 19.4. The molecule has 7 heteroatoms. The van der Waals surface area contributed by atoms with Gasteiger partial charge in [0, 0.05) is 7.79 Å². The molecule has 0 aromatic rings. The molecule has 1 aliphatic rings. The van der Waals surface area contributed by atoms with Crippen molar-refractivity contribution in [3.05, 3.63) is 0 Å². The van der Waals surface area contributed by atoms with Crippen molar-refractivity contribution in [2.75, 3.05) is 6.61 Å². The Labute approximate surface area is 240 Å². The molecule has 1 saturated heterocycles. The molecule has 232 valence electrons. The summed E-state index contributed by atoms with van der Waals surface area (Å²) in [6.07, 6.45) is 20.5. The average molecular weight is 560 g/mol. The van der Waals surface area contributed by atoms with Crippen LogP contribution in [0.5, 0.6) is 0 Å². The van der Waals surface area contributed by atoms with Crippen LogP contribution >= 0.6 is 0 Å². The van der Waals surface area contributed by atoms with E-state index < -0.39 is 49.7 Å². The van der Waals surface area contributed by atoms with Crippen LogP contribution in [-0.4, -0.2) is 63.7 Å². The second-order valence-electron chi connectivity index (χ2n) is 11.5. The van der Waals surface area contributed by atoms with E-state index in [1.807, 2.05) is 0 Å². The van der Waals surface area contributed by atoms with Crippen LogP contribution in [0, 0.1) is 0 Å². The van der Waals surface area contributed by atoms with Gasteiger partial charge in [0.05, 0.1) is 6.61 Å². The molecule has 6 atom stereocenters. The number of aliphatic hydroxyl groups is 4. The smallest absolute Gasteiger partial charge is 0.308 e. The van der Waals surface area contributed by atoms with Crippen LogP contribution in [-0.2, 0) is 14.3 Å². The molecular formula is C32H62O7. The van der Waals surface area contributed by atoms with Crippen molar-refractivity contribution in [1.29, 1.82) is 0 Å². The van der Waals surface area contributed by atoms with Gasteiger partial charge in [-0.15, -0.1) is 0 Å². The van der Waals surface area contributed by atoms with Crippen molar-refractivity contribution in [1.82, 2.24) is 0 Å². The summed E-state index contributed by atoms with van der Waals surface area (Å²) in [5, 5.41) is 38.7. The maximum absolute atomic E-state index is 12.1. The standard InChI is InChI=1S/C32H62O7/c1-2-3-4-5-6-7-8-9-10-11-12-13-14-15-16-17-18-19-20-21-22-23-24-25-28(34)39-32-31(37)30(36)29(35)27(26-33)38-32/h27,29-33,35-37H,2-26H2,1H3/t27-,29-,30+,31-,32?/m1/s1/i24D/t24?,27-,29-,30+,31-,32?. The highest BCUT2D eigenvalue weighted by Gasteiger charge is 2.45. The van der Waals surface area contributed by atoms with Crippen molar-refractivity contribution < 1.29 is 36.1 Å². The van der Waals surface area contributed by atoms with E-state index in [4.69, 9.17) is 10.8 Å². The molecule has 1 heterocycles. The Balaban J connectivity index is 1.87. The third kappa shape index (κ3) is 18.3. The molecule has 0 amide bonds. The SMILES string of the molecule is [2H]C(CCCCCCCCCCCCCCCCCCCCCCC)CC(=O)OC1O[C@H](CO)[C@@H](O)[C@H](O)[C@H]1O. The highest BCUT2D eigenvalue weighted by molar-refractivity contribution is 5.69. The Morgan fingerprint density at radius 2 is 1.03 bits per heavy atom. The van der Waals surface area contributed by atoms with Crippen LogP contribution in [0.4, 0.5) is 0 Å². The number of hydrogen-bond acceptors (Lipinski definition) is 7. The number of carbonyl (C=O) groups excluding carboxylic acids is 1. The first kappa shape index (κ1) is 34.5. The summed E-state index contributed by atoms with van der Waals surface area (Å²) in [6.45, 7) is 1.69. The van der Waals surface area contributed by atoms with Gasteiger partial charge in [0.2, 0.25) is 6.29 Å². The summed E-state index contributed by atoms with van der Waals surface area (Å²) in [4.78, 5) is 12.1. The molecular weight excluding hydrogens is 496 g/mol. The predicted octanol–water partition coefficient (Wildman–Crippen LogP) is 6.71. The van der Waals surface area contributed by atoms with Gasteiger partial charge in [-0.1, -0.05) is 148 Å². The Morgan fingerprint density at radius 1 is 0.641 bits per heavy atom. The molecule has 0 aliphatic carbocycles. The molecule has 0 bridgehead atoms. The minimum absolute atomic E-state index is 0.131. The lowest BCUT2D eigenvalue weighted by Gasteiger charge is -2.39. The topological polar surface area (TPSA) is 116 Å². The summed E-state index contributed by atoms with van der Waals surface area (Å²) in [5.74, 6) is -0.701. The molecule has 0 aromatic heterocycles. The van der Waals surface area contributed by atoms with Crippen LogP contribution in [0.2, 0.25) is 0 Å². The zero-order valence-electron chi connectivity index (χ0n) is 25.9. The lowest BCUT2D eigenvalue weighted by atomic mass is 9.99. The van der Waals surface area contributed by atoms with E-state index in [-0.39, 0.29) is 6.42 Å². The van der Waals surface area contributed by atoms with E-state index in [1.54, 1.807) is 0 Å². The fourth-order valence-electron chi connectivity index (χ4n) is 5.28. The van der Waals surface area contributed by atoms with E-state index in [1.165, 1.54) is 116 Å². The highest BCUT2D eigenvalue weighted by atomic mass is 16.7. The Kier molecular flexibility index (Phi) is 22.1. The zero-order valence-corrected chi connectivity index (χ0v) is 24.9. The fraction of sp³-hybridized carbons (Fsp3) is 0.969. The van der Waals surface area contributed by atoms with Gasteiger partial charge in [-0.3, -0.25) is 4.79 Å². The van der Waals surface area contributed by atoms with E-state index in [9.17, 15) is 25.2 Å². The van der Waals surface area contributed by atoms with Crippen LogP contribution in [0.15, 0.2) is 0 Å². The zero-order chi connectivity index (χ0) is 29.4. The van der Waals surface area contributed by atoms with Crippen LogP contribution in [0.1, 0.15) is 162 Å². The van der Waals surface area contributed by atoms with Crippen LogP contribution < -0.4 is 0 Å². The van der Waals surface area contributed by atoms with Gasteiger partial charge in [-0.05, 0) is 6.40 Å². The first-order valence-corrected chi connectivity index (χ1v) is 16.3. The van der Waals surface area contributed by atoms with E-state index >= 15 is 0 Å². The highest BCUT2D eigenvalue weighted by Crippen LogP contribution is 2.23. The van der Waals surface area contributed by atoms with Crippen LogP contribution in [0.25, 0.3) is 0 Å². The van der Waals surface area contributed by atoms with Gasteiger partial charge in [-0.2, -0.15) is 0 Å². The predicted molar refractivity (Wildman–Crippen MR) is 156 cm³/mol. The Morgan fingerprint density at radius 3 is 1.41 bits per heavy atom. The van der Waals surface area contributed by atoms with Gasteiger partial charge < -0.3 is 29.9 Å². The molecule has 7 nitrogen and oxygen atoms in total. The molecule has 0 radical (unpaired) electrons. The van der Waals surface area contributed by atoms with Crippen molar-refractivity contribution in [2.24, 2.45) is 0 Å². The largest absolute Gasteiger partial charge is 0.433 e. The average Bonchev–Trinajstić information content (AvgIpc) is 2.94. The molecule has 2 unspecified atom stereocenters. The summed E-state index contributed by atoms with van der Waals surface area (Å²) in [5.41, 5.74) is 0. The minimum Gasteiger partial charge on any atom is -0.433 e. The van der Waals surface area contributed by atoms with Gasteiger partial charge in [0.15, 0.2) is 0 Å². The van der Waals surface area contributed by atoms with Crippen molar-refractivity contribution >= 4 is 5.97 Å². The van der Waals surface area contributed by atoms with Gasteiger partial charge >= 0.3 is 5.97 Å². The number of aliphatic hydroxyl groups excluding tert-OH is 4. The molecule has 39 heavy (non-hydrogen) atoms. The molecule has 1 aliphatic heterocycles. The monoisotopic (exact) mass is 559 g/mol. The van der Waals surface area contributed by atoms with E-state index in [0.29, 0.717) is 6.42 Å². The van der Waals surface area contributed by atoms with Crippen molar-refractivity contribution in [3.8, 4) is 0 Å². The van der Waals surface area contributed by atoms with Gasteiger partial charge in [0.1, 0.15) is 24.4 Å². The lowest BCUT2D eigenvalue weighted by molar-refractivity contribution is -0.292. The summed E-state index contributed by atoms with van der Waals surface area (Å²) < 4.78 is 18.3. The lowest BCUT2D eigenvalue weighted by Crippen LogP contribution is -2.59. The van der Waals surface area contributed by atoms with Gasteiger partial charge in [0.25, 0.3) is 0 Å². The number of ether oxygens (including phenoxy) is 2. The number of carbonyl (C=O) groups is 1. The number of esters is 1. The Bertz CT molecular complexity index is 592. The van der Waals surface area contributed by atoms with Gasteiger partial charge in [-0.25, -0.2) is 0 Å². The molecule has 4 N–H and O–H groups in total. The van der Waals surface area contributed by atoms with Crippen LogP contribution in [0.3, 0.4) is 0 Å². The Hall–Kier alpha value is -0.730. The third-order valence-corrected chi connectivity index (χ3v) is 7.92. The quantitative estimate of drug-likeness (QED) is 0.0687. The number of rotatable bonds is 26. The molecule has 1 rings (SSSR count). The maximum atomic E-state index is 12.1. The normalized spacial score (nSPS) is 24.4. The van der Waals surface area contributed by atoms with E-state index in [0.717, 1.165) is 19.3 Å². The third-order valence-electron chi connectivity index (χ3n) is 7.92. The number of unbranched alkanes of at least 4 members (excludes halogenated alkanes) is 20.